The molecule has 2 atom stereocenters. The van der Waals surface area contributed by atoms with E-state index in [0.29, 0.717) is 5.54 Å². The fraction of sp³-hybridized carbons (Fsp3) is 1.00. The maximum Gasteiger partial charge on any atom is 0.0281 e. The van der Waals surface area contributed by atoms with E-state index in [1.54, 1.807) is 0 Å². The summed E-state index contributed by atoms with van der Waals surface area (Å²) in [6.07, 6.45) is 1.44. The molecule has 1 aliphatic heterocycles. The Hall–Kier alpha value is -0.120. The second-order valence-electron chi connectivity index (χ2n) is 6.72. The zero-order chi connectivity index (χ0) is 12.5. The third-order valence-electron chi connectivity index (χ3n) is 4.45. The SMILES string of the molecule is CC1CC1CN(C)CC(C)(C)N1CCNCC1. The lowest BCUT2D eigenvalue weighted by atomic mass is 10.0. The zero-order valence-electron chi connectivity index (χ0n) is 12.0. The maximum absolute atomic E-state index is 3.43. The minimum Gasteiger partial charge on any atom is -0.314 e. The summed E-state index contributed by atoms with van der Waals surface area (Å²) in [6.45, 7) is 14.3. The van der Waals surface area contributed by atoms with Gasteiger partial charge < -0.3 is 10.2 Å². The lowest BCUT2D eigenvalue weighted by Gasteiger charge is -2.43. The van der Waals surface area contributed by atoms with Gasteiger partial charge in [0.25, 0.3) is 0 Å². The number of rotatable bonds is 5. The third kappa shape index (κ3) is 3.67. The van der Waals surface area contributed by atoms with E-state index in [-0.39, 0.29) is 0 Å². The van der Waals surface area contributed by atoms with Crippen LogP contribution in [0.1, 0.15) is 27.2 Å². The lowest BCUT2D eigenvalue weighted by Crippen LogP contribution is -2.57. The Balaban J connectivity index is 1.78. The van der Waals surface area contributed by atoms with Crippen LogP contribution >= 0.6 is 0 Å². The fourth-order valence-corrected chi connectivity index (χ4v) is 3.15. The largest absolute Gasteiger partial charge is 0.314 e. The highest BCUT2D eigenvalue weighted by Crippen LogP contribution is 2.38. The van der Waals surface area contributed by atoms with Crippen molar-refractivity contribution in [1.29, 1.82) is 0 Å². The van der Waals surface area contributed by atoms with Crippen LogP contribution in [0.3, 0.4) is 0 Å². The molecule has 2 rings (SSSR count). The molecule has 1 saturated carbocycles. The molecule has 2 fully saturated rings. The number of nitrogens with zero attached hydrogens (tertiary/aromatic N) is 2. The van der Waals surface area contributed by atoms with E-state index < -0.39 is 0 Å². The number of hydrogen-bond acceptors (Lipinski definition) is 3. The van der Waals surface area contributed by atoms with Crippen LogP contribution in [-0.4, -0.2) is 61.7 Å². The average Bonchev–Trinajstić information content (AvgIpc) is 2.94. The van der Waals surface area contributed by atoms with Crippen molar-refractivity contribution in [1.82, 2.24) is 15.1 Å². The topological polar surface area (TPSA) is 18.5 Å². The normalized spacial score (nSPS) is 30.9. The highest BCUT2D eigenvalue weighted by Gasteiger charge is 2.35. The minimum absolute atomic E-state index is 0.314. The van der Waals surface area contributed by atoms with E-state index >= 15 is 0 Å². The molecule has 100 valence electrons. The number of likely N-dealkylation sites (N-methyl/N-ethyl adjacent to an activating group) is 1. The van der Waals surface area contributed by atoms with Gasteiger partial charge in [0.05, 0.1) is 0 Å². The molecule has 1 aliphatic carbocycles. The van der Waals surface area contributed by atoms with Crippen molar-refractivity contribution in [3.8, 4) is 0 Å². The zero-order valence-corrected chi connectivity index (χ0v) is 12.0. The van der Waals surface area contributed by atoms with Crippen molar-refractivity contribution in [2.75, 3.05) is 46.3 Å². The van der Waals surface area contributed by atoms with E-state index in [1.165, 1.54) is 32.6 Å². The van der Waals surface area contributed by atoms with E-state index in [4.69, 9.17) is 0 Å². The molecule has 0 aromatic heterocycles. The van der Waals surface area contributed by atoms with Crippen LogP contribution in [0.4, 0.5) is 0 Å². The van der Waals surface area contributed by atoms with E-state index in [0.717, 1.165) is 24.9 Å². The second-order valence-corrected chi connectivity index (χ2v) is 6.72. The summed E-state index contributed by atoms with van der Waals surface area (Å²) in [6, 6.07) is 0. The van der Waals surface area contributed by atoms with E-state index in [9.17, 15) is 0 Å². The van der Waals surface area contributed by atoms with E-state index in [2.05, 4.69) is 42.9 Å². The molecule has 3 nitrogen and oxygen atoms in total. The predicted molar refractivity (Wildman–Crippen MR) is 73.3 cm³/mol. The number of hydrogen-bond donors (Lipinski definition) is 1. The quantitative estimate of drug-likeness (QED) is 0.779. The Kier molecular flexibility index (Phi) is 4.11. The summed E-state index contributed by atoms with van der Waals surface area (Å²) >= 11 is 0. The Labute approximate surface area is 107 Å². The molecule has 0 radical (unpaired) electrons. The van der Waals surface area contributed by atoms with Crippen molar-refractivity contribution in [2.45, 2.75) is 32.7 Å². The van der Waals surface area contributed by atoms with Crippen LogP contribution in [0, 0.1) is 11.8 Å². The van der Waals surface area contributed by atoms with Crippen LogP contribution in [0.5, 0.6) is 0 Å². The molecule has 1 saturated heterocycles. The molecule has 0 bridgehead atoms. The van der Waals surface area contributed by atoms with Crippen LogP contribution < -0.4 is 5.32 Å². The highest BCUT2D eigenvalue weighted by atomic mass is 15.3. The number of nitrogens with one attached hydrogen (secondary N) is 1. The van der Waals surface area contributed by atoms with Gasteiger partial charge in [0, 0.05) is 44.8 Å². The molecule has 0 spiro atoms. The first-order valence-corrected chi connectivity index (χ1v) is 7.13. The third-order valence-corrected chi connectivity index (χ3v) is 4.45. The van der Waals surface area contributed by atoms with Crippen LogP contribution in [-0.2, 0) is 0 Å². The Bertz CT molecular complexity index is 246. The fourth-order valence-electron chi connectivity index (χ4n) is 3.15. The molecule has 0 amide bonds. The summed E-state index contributed by atoms with van der Waals surface area (Å²) in [7, 11) is 2.29. The van der Waals surface area contributed by atoms with Crippen molar-refractivity contribution in [2.24, 2.45) is 11.8 Å². The smallest absolute Gasteiger partial charge is 0.0281 e. The molecular formula is C14H29N3. The minimum atomic E-state index is 0.314. The molecule has 0 aromatic carbocycles. The first-order valence-electron chi connectivity index (χ1n) is 7.13. The molecular weight excluding hydrogens is 210 g/mol. The van der Waals surface area contributed by atoms with Crippen LogP contribution in [0.25, 0.3) is 0 Å². The summed E-state index contributed by atoms with van der Waals surface area (Å²) in [5.41, 5.74) is 0.314. The lowest BCUT2D eigenvalue weighted by molar-refractivity contribution is 0.0698. The predicted octanol–water partition coefficient (Wildman–Crippen LogP) is 1.26. The first kappa shape index (κ1) is 13.3. The molecule has 3 heteroatoms. The molecule has 17 heavy (non-hydrogen) atoms. The van der Waals surface area contributed by atoms with Gasteiger partial charge in [-0.15, -0.1) is 0 Å². The molecule has 0 aromatic rings. The highest BCUT2D eigenvalue weighted by molar-refractivity contribution is 4.90. The standard InChI is InChI=1S/C14H29N3/c1-12-9-13(12)10-16(4)11-14(2,3)17-7-5-15-6-8-17/h12-13,15H,5-11H2,1-4H3. The molecule has 2 unspecified atom stereocenters. The van der Waals surface area contributed by atoms with Gasteiger partial charge in [-0.05, 0) is 39.2 Å². The molecule has 2 aliphatic rings. The molecule has 1 heterocycles. The first-order chi connectivity index (χ1) is 7.99. The summed E-state index contributed by atoms with van der Waals surface area (Å²) in [5.74, 6) is 1.94. The number of piperazine rings is 1. The van der Waals surface area contributed by atoms with E-state index in [1.807, 2.05) is 0 Å². The summed E-state index contributed by atoms with van der Waals surface area (Å²) < 4.78 is 0. The second kappa shape index (κ2) is 5.25. The van der Waals surface area contributed by atoms with Crippen molar-refractivity contribution in [3.63, 3.8) is 0 Å². The van der Waals surface area contributed by atoms with Crippen LogP contribution in [0.15, 0.2) is 0 Å². The Morgan fingerprint density at radius 2 is 1.88 bits per heavy atom. The molecule has 1 N–H and O–H groups in total. The van der Waals surface area contributed by atoms with Gasteiger partial charge in [0.1, 0.15) is 0 Å². The van der Waals surface area contributed by atoms with Gasteiger partial charge in [0.2, 0.25) is 0 Å². The van der Waals surface area contributed by atoms with Crippen molar-refractivity contribution in [3.05, 3.63) is 0 Å². The maximum atomic E-state index is 3.43. The Morgan fingerprint density at radius 3 is 2.41 bits per heavy atom. The van der Waals surface area contributed by atoms with Crippen LogP contribution in [0.2, 0.25) is 0 Å². The van der Waals surface area contributed by atoms with Gasteiger partial charge in [-0.3, -0.25) is 4.90 Å². The van der Waals surface area contributed by atoms with Crippen molar-refractivity contribution < 1.29 is 0 Å². The van der Waals surface area contributed by atoms with Gasteiger partial charge in [-0.25, -0.2) is 0 Å². The van der Waals surface area contributed by atoms with Gasteiger partial charge in [-0.1, -0.05) is 6.92 Å². The average molecular weight is 239 g/mol. The monoisotopic (exact) mass is 239 g/mol. The van der Waals surface area contributed by atoms with Gasteiger partial charge in [0.15, 0.2) is 0 Å². The summed E-state index contributed by atoms with van der Waals surface area (Å²) in [4.78, 5) is 5.17. The van der Waals surface area contributed by atoms with Gasteiger partial charge >= 0.3 is 0 Å². The summed E-state index contributed by atoms with van der Waals surface area (Å²) in [5, 5.41) is 3.43. The Morgan fingerprint density at radius 1 is 1.29 bits per heavy atom. The van der Waals surface area contributed by atoms with Gasteiger partial charge in [-0.2, -0.15) is 0 Å². The van der Waals surface area contributed by atoms with Crippen molar-refractivity contribution >= 4 is 0 Å².